The molecule has 0 fully saturated rings. The highest BCUT2D eigenvalue weighted by Crippen LogP contribution is 2.19. The van der Waals surface area contributed by atoms with Gasteiger partial charge in [0.1, 0.15) is 5.82 Å². The van der Waals surface area contributed by atoms with E-state index in [4.69, 9.17) is 11.6 Å². The highest BCUT2D eigenvalue weighted by atomic mass is 35.5. The van der Waals surface area contributed by atoms with E-state index in [-0.39, 0.29) is 0 Å². The van der Waals surface area contributed by atoms with Crippen LogP contribution in [0.2, 0.25) is 0 Å². The molecule has 0 aliphatic heterocycles. The summed E-state index contributed by atoms with van der Waals surface area (Å²) in [5.41, 5.74) is 3.62. The molecule has 0 saturated carbocycles. The third-order valence-corrected chi connectivity index (χ3v) is 3.06. The maximum atomic E-state index is 5.70. The molecule has 0 unspecified atom stereocenters. The number of H-pyrrole nitrogens is 1. The first kappa shape index (κ1) is 13.2. The summed E-state index contributed by atoms with van der Waals surface area (Å²) >= 11 is 5.70. The van der Waals surface area contributed by atoms with Crippen molar-refractivity contribution in [1.82, 2.24) is 9.97 Å². The summed E-state index contributed by atoms with van der Waals surface area (Å²) in [6, 6.07) is 8.68. The van der Waals surface area contributed by atoms with Crippen molar-refractivity contribution in [2.75, 3.05) is 5.88 Å². The summed E-state index contributed by atoms with van der Waals surface area (Å²) in [5.74, 6) is 2.24. The predicted octanol–water partition coefficient (Wildman–Crippen LogP) is 4.06. The summed E-state index contributed by atoms with van der Waals surface area (Å²) in [6.07, 6.45) is 3.78. The fraction of sp³-hybridized carbons (Fsp3) is 0.400. The second kappa shape index (κ2) is 6.05. The van der Waals surface area contributed by atoms with E-state index in [2.05, 4.69) is 48.1 Å². The van der Waals surface area contributed by atoms with Crippen LogP contribution in [-0.4, -0.2) is 15.8 Å². The normalized spacial score (nSPS) is 11.1. The Bertz CT molecular complexity index is 485. The Balaban J connectivity index is 2.12. The van der Waals surface area contributed by atoms with Crippen molar-refractivity contribution in [3.05, 3.63) is 41.9 Å². The van der Waals surface area contributed by atoms with Crippen LogP contribution in [0.15, 0.2) is 30.5 Å². The molecule has 0 bridgehead atoms. The molecule has 0 amide bonds. The number of rotatable bonds is 5. The van der Waals surface area contributed by atoms with Gasteiger partial charge in [-0.1, -0.05) is 38.1 Å². The molecule has 0 aliphatic carbocycles. The fourth-order valence-corrected chi connectivity index (χ4v) is 2.20. The largest absolute Gasteiger partial charge is 0.342 e. The Labute approximate surface area is 113 Å². The molecule has 2 nitrogen and oxygen atoms in total. The number of hydrogen-bond acceptors (Lipinski definition) is 1. The van der Waals surface area contributed by atoms with E-state index in [1.54, 1.807) is 0 Å². The maximum Gasteiger partial charge on any atom is 0.107 e. The number of aromatic nitrogens is 2. The summed E-state index contributed by atoms with van der Waals surface area (Å²) in [5, 5.41) is 0. The zero-order valence-corrected chi connectivity index (χ0v) is 11.7. The molecule has 0 aliphatic rings. The molecule has 0 atom stereocenters. The number of aromatic amines is 1. The zero-order valence-electron chi connectivity index (χ0n) is 10.9. The Morgan fingerprint density at radius 1 is 1.22 bits per heavy atom. The van der Waals surface area contributed by atoms with Crippen LogP contribution in [0.5, 0.6) is 0 Å². The molecule has 3 heteroatoms. The van der Waals surface area contributed by atoms with Crippen LogP contribution in [-0.2, 0) is 12.8 Å². The van der Waals surface area contributed by atoms with E-state index in [9.17, 15) is 0 Å². The summed E-state index contributed by atoms with van der Waals surface area (Å²) in [6.45, 7) is 4.47. The summed E-state index contributed by atoms with van der Waals surface area (Å²) in [7, 11) is 0. The lowest BCUT2D eigenvalue weighted by atomic mass is 10.0. The monoisotopic (exact) mass is 262 g/mol. The van der Waals surface area contributed by atoms with Crippen molar-refractivity contribution in [2.24, 2.45) is 5.92 Å². The molecule has 0 spiro atoms. The molecule has 1 N–H and O–H groups in total. The minimum Gasteiger partial charge on any atom is -0.342 e. The average molecular weight is 263 g/mol. The Hall–Kier alpha value is -1.28. The van der Waals surface area contributed by atoms with Gasteiger partial charge >= 0.3 is 0 Å². The van der Waals surface area contributed by atoms with Crippen LogP contribution in [0.1, 0.15) is 25.2 Å². The Kier molecular flexibility index (Phi) is 4.43. The van der Waals surface area contributed by atoms with Crippen molar-refractivity contribution in [3.8, 4) is 11.3 Å². The number of nitrogens with zero attached hydrogens (tertiary/aromatic N) is 1. The van der Waals surface area contributed by atoms with Crippen LogP contribution in [0.25, 0.3) is 11.3 Å². The number of benzene rings is 1. The maximum absolute atomic E-state index is 5.70. The third kappa shape index (κ3) is 3.36. The highest BCUT2D eigenvalue weighted by molar-refractivity contribution is 6.17. The molecule has 1 aromatic heterocycles. The smallest absolute Gasteiger partial charge is 0.107 e. The zero-order chi connectivity index (χ0) is 13.0. The molecule has 18 heavy (non-hydrogen) atoms. The van der Waals surface area contributed by atoms with Crippen LogP contribution >= 0.6 is 11.6 Å². The van der Waals surface area contributed by atoms with E-state index in [0.29, 0.717) is 11.8 Å². The third-order valence-electron chi connectivity index (χ3n) is 2.87. The first-order valence-corrected chi connectivity index (χ1v) is 6.91. The fourth-order valence-electron chi connectivity index (χ4n) is 2.02. The van der Waals surface area contributed by atoms with Gasteiger partial charge in [0.2, 0.25) is 0 Å². The lowest BCUT2D eigenvalue weighted by Gasteiger charge is -2.05. The number of hydrogen-bond donors (Lipinski definition) is 1. The van der Waals surface area contributed by atoms with Gasteiger partial charge in [0.15, 0.2) is 0 Å². The molecule has 0 saturated heterocycles. The van der Waals surface area contributed by atoms with Gasteiger partial charge in [-0.25, -0.2) is 4.98 Å². The number of nitrogens with one attached hydrogen (secondary N) is 1. The van der Waals surface area contributed by atoms with Crippen LogP contribution in [0.3, 0.4) is 0 Å². The van der Waals surface area contributed by atoms with E-state index < -0.39 is 0 Å². The molecule has 2 rings (SSSR count). The second-order valence-corrected chi connectivity index (χ2v) is 5.36. The molecular weight excluding hydrogens is 244 g/mol. The summed E-state index contributed by atoms with van der Waals surface area (Å²) < 4.78 is 0. The van der Waals surface area contributed by atoms with Crippen molar-refractivity contribution < 1.29 is 0 Å². The Morgan fingerprint density at radius 2 is 1.94 bits per heavy atom. The second-order valence-electron chi connectivity index (χ2n) is 4.98. The standard InChI is InChI=1S/C15H19ClN2/c1-11(2)9-12-3-5-13(6-4-12)14-10-17-15(18-14)7-8-16/h3-6,10-11H,7-9H2,1-2H3,(H,17,18). The average Bonchev–Trinajstić information content (AvgIpc) is 2.78. The minimum absolute atomic E-state index is 0.597. The molecule has 96 valence electrons. The topological polar surface area (TPSA) is 28.7 Å². The summed E-state index contributed by atoms with van der Waals surface area (Å²) in [4.78, 5) is 7.61. The SMILES string of the molecule is CC(C)Cc1ccc(-c2cnc(CCCl)[nH]2)cc1. The van der Waals surface area contributed by atoms with E-state index in [0.717, 1.165) is 24.4 Å². The lowest BCUT2D eigenvalue weighted by Crippen LogP contribution is -1.93. The predicted molar refractivity (Wildman–Crippen MR) is 77.0 cm³/mol. The molecule has 1 aromatic carbocycles. The molecule has 2 aromatic rings. The van der Waals surface area contributed by atoms with Gasteiger partial charge in [-0.15, -0.1) is 11.6 Å². The van der Waals surface area contributed by atoms with E-state index in [1.165, 1.54) is 11.1 Å². The van der Waals surface area contributed by atoms with Gasteiger partial charge in [0, 0.05) is 12.3 Å². The van der Waals surface area contributed by atoms with Gasteiger partial charge < -0.3 is 4.98 Å². The number of alkyl halides is 1. The number of imidazole rings is 1. The quantitative estimate of drug-likeness (QED) is 0.809. The molecule has 0 radical (unpaired) electrons. The van der Waals surface area contributed by atoms with Gasteiger partial charge in [-0.2, -0.15) is 0 Å². The molecule has 1 heterocycles. The first-order valence-electron chi connectivity index (χ1n) is 6.38. The van der Waals surface area contributed by atoms with E-state index in [1.807, 2.05) is 6.20 Å². The van der Waals surface area contributed by atoms with Crippen molar-refractivity contribution in [3.63, 3.8) is 0 Å². The highest BCUT2D eigenvalue weighted by Gasteiger charge is 2.03. The van der Waals surface area contributed by atoms with Gasteiger partial charge in [0.25, 0.3) is 0 Å². The van der Waals surface area contributed by atoms with Crippen molar-refractivity contribution in [1.29, 1.82) is 0 Å². The van der Waals surface area contributed by atoms with Crippen LogP contribution in [0.4, 0.5) is 0 Å². The van der Waals surface area contributed by atoms with Gasteiger partial charge in [-0.3, -0.25) is 0 Å². The van der Waals surface area contributed by atoms with Crippen LogP contribution in [0, 0.1) is 5.92 Å². The van der Waals surface area contributed by atoms with Gasteiger partial charge in [0.05, 0.1) is 11.9 Å². The van der Waals surface area contributed by atoms with Crippen LogP contribution < -0.4 is 0 Å². The molecular formula is C15H19ClN2. The van der Waals surface area contributed by atoms with Crippen molar-refractivity contribution in [2.45, 2.75) is 26.7 Å². The van der Waals surface area contributed by atoms with Crippen molar-refractivity contribution >= 4 is 11.6 Å². The Morgan fingerprint density at radius 3 is 2.56 bits per heavy atom. The van der Waals surface area contributed by atoms with Gasteiger partial charge in [-0.05, 0) is 23.5 Å². The number of aryl methyl sites for hydroxylation is 1. The van der Waals surface area contributed by atoms with E-state index >= 15 is 0 Å². The minimum atomic E-state index is 0.597. The number of halogens is 1. The lowest BCUT2D eigenvalue weighted by molar-refractivity contribution is 0.647. The first-order chi connectivity index (χ1) is 8.69.